The third-order valence-electron chi connectivity index (χ3n) is 3.74. The monoisotopic (exact) mass is 280 g/mol. The third-order valence-corrected chi connectivity index (χ3v) is 4.05. The molecule has 0 saturated carbocycles. The lowest BCUT2D eigenvalue weighted by Crippen LogP contribution is -2.10. The second-order valence-electron chi connectivity index (χ2n) is 4.89. The predicted molar refractivity (Wildman–Crippen MR) is 79.5 cm³/mol. The Morgan fingerprint density at radius 3 is 2.50 bits per heavy atom. The van der Waals surface area contributed by atoms with Crippen LogP contribution >= 0.6 is 11.6 Å². The summed E-state index contributed by atoms with van der Waals surface area (Å²) in [5.41, 5.74) is 2.78. The van der Waals surface area contributed by atoms with E-state index in [1.807, 2.05) is 24.3 Å². The molecule has 0 aliphatic heterocycles. The van der Waals surface area contributed by atoms with Crippen LogP contribution in [0.25, 0.3) is 21.9 Å². The Balaban J connectivity index is 2.28. The molecule has 3 heteroatoms. The average Bonchev–Trinajstić information content (AvgIpc) is 2.43. The van der Waals surface area contributed by atoms with E-state index in [2.05, 4.69) is 0 Å². The zero-order valence-electron chi connectivity index (χ0n) is 10.4. The molecule has 0 spiro atoms. The molecule has 0 bridgehead atoms. The van der Waals surface area contributed by atoms with Gasteiger partial charge in [-0.3, -0.25) is 4.79 Å². The SMILES string of the molecule is O=C1c2c(Cl)cccc2-c2cc(O)cc3cccc1c23. The highest BCUT2D eigenvalue weighted by molar-refractivity contribution is 6.38. The van der Waals surface area contributed by atoms with Crippen LogP contribution in [0.5, 0.6) is 5.75 Å². The number of rotatable bonds is 0. The van der Waals surface area contributed by atoms with Crippen molar-refractivity contribution in [1.82, 2.24) is 0 Å². The van der Waals surface area contributed by atoms with E-state index in [-0.39, 0.29) is 11.5 Å². The van der Waals surface area contributed by atoms with E-state index in [1.165, 1.54) is 0 Å². The predicted octanol–water partition coefficient (Wildman–Crippen LogP) is 4.41. The second kappa shape index (κ2) is 3.84. The Bertz CT molecular complexity index is 897. The average molecular weight is 281 g/mol. The molecule has 0 aromatic heterocycles. The van der Waals surface area contributed by atoms with Crippen molar-refractivity contribution >= 4 is 28.2 Å². The van der Waals surface area contributed by atoms with Gasteiger partial charge in [0, 0.05) is 16.5 Å². The lowest BCUT2D eigenvalue weighted by atomic mass is 9.83. The molecule has 3 aromatic rings. The van der Waals surface area contributed by atoms with Gasteiger partial charge in [-0.15, -0.1) is 0 Å². The van der Waals surface area contributed by atoms with Crippen LogP contribution in [0.3, 0.4) is 0 Å². The highest BCUT2D eigenvalue weighted by Crippen LogP contribution is 2.43. The lowest BCUT2D eigenvalue weighted by molar-refractivity contribution is 0.104. The Morgan fingerprint density at radius 1 is 0.900 bits per heavy atom. The summed E-state index contributed by atoms with van der Waals surface area (Å²) in [4.78, 5) is 12.7. The summed E-state index contributed by atoms with van der Waals surface area (Å²) in [6.07, 6.45) is 0. The minimum Gasteiger partial charge on any atom is -0.508 e. The van der Waals surface area contributed by atoms with Gasteiger partial charge in [0.25, 0.3) is 0 Å². The van der Waals surface area contributed by atoms with Crippen LogP contribution in [-0.2, 0) is 0 Å². The smallest absolute Gasteiger partial charge is 0.195 e. The van der Waals surface area contributed by atoms with E-state index in [4.69, 9.17) is 11.6 Å². The fraction of sp³-hybridized carbons (Fsp3) is 0. The molecule has 0 atom stereocenters. The number of carbonyl (C=O) groups is 1. The largest absolute Gasteiger partial charge is 0.508 e. The quantitative estimate of drug-likeness (QED) is 0.518. The van der Waals surface area contributed by atoms with Crippen molar-refractivity contribution in [2.24, 2.45) is 0 Å². The van der Waals surface area contributed by atoms with Crippen molar-refractivity contribution in [1.29, 1.82) is 0 Å². The fourth-order valence-electron chi connectivity index (χ4n) is 2.93. The van der Waals surface area contributed by atoms with Crippen LogP contribution < -0.4 is 0 Å². The van der Waals surface area contributed by atoms with Gasteiger partial charge in [-0.2, -0.15) is 0 Å². The molecule has 0 fully saturated rings. The first-order valence-corrected chi connectivity index (χ1v) is 6.64. The van der Waals surface area contributed by atoms with E-state index in [9.17, 15) is 9.90 Å². The number of ketones is 1. The van der Waals surface area contributed by atoms with E-state index < -0.39 is 0 Å². The van der Waals surface area contributed by atoms with E-state index in [1.54, 1.807) is 24.3 Å². The molecule has 20 heavy (non-hydrogen) atoms. The highest BCUT2D eigenvalue weighted by atomic mass is 35.5. The number of aromatic hydroxyl groups is 1. The molecule has 2 nitrogen and oxygen atoms in total. The van der Waals surface area contributed by atoms with Crippen LogP contribution in [0.2, 0.25) is 5.02 Å². The zero-order chi connectivity index (χ0) is 13.9. The Hall–Kier alpha value is -2.32. The third kappa shape index (κ3) is 1.37. The summed E-state index contributed by atoms with van der Waals surface area (Å²) in [5, 5.41) is 12.1. The molecule has 96 valence electrons. The number of benzene rings is 3. The van der Waals surface area contributed by atoms with Crippen LogP contribution in [0.4, 0.5) is 0 Å². The van der Waals surface area contributed by atoms with E-state index >= 15 is 0 Å². The van der Waals surface area contributed by atoms with Gasteiger partial charge in [0.2, 0.25) is 0 Å². The summed E-state index contributed by atoms with van der Waals surface area (Å²) in [7, 11) is 0. The molecule has 0 amide bonds. The maximum Gasteiger partial charge on any atom is 0.195 e. The van der Waals surface area contributed by atoms with Gasteiger partial charge in [-0.25, -0.2) is 0 Å². The molecule has 0 saturated heterocycles. The number of phenolic OH excluding ortho intramolecular Hbond substituents is 1. The Labute approximate surface area is 120 Å². The first kappa shape index (κ1) is 11.5. The van der Waals surface area contributed by atoms with Gasteiger partial charge in [0.05, 0.1) is 5.02 Å². The normalized spacial score (nSPS) is 12.6. The van der Waals surface area contributed by atoms with Crippen LogP contribution in [0, 0.1) is 0 Å². The number of hydrogen-bond donors (Lipinski definition) is 1. The van der Waals surface area contributed by atoms with E-state index in [0.717, 1.165) is 21.9 Å². The van der Waals surface area contributed by atoms with Crippen molar-refractivity contribution in [3.63, 3.8) is 0 Å². The minimum atomic E-state index is -0.0608. The van der Waals surface area contributed by atoms with Crippen LogP contribution in [0.15, 0.2) is 48.5 Å². The van der Waals surface area contributed by atoms with Crippen LogP contribution in [0.1, 0.15) is 15.9 Å². The maximum absolute atomic E-state index is 12.7. The van der Waals surface area contributed by atoms with Crippen molar-refractivity contribution in [2.75, 3.05) is 0 Å². The molecule has 3 aromatic carbocycles. The van der Waals surface area contributed by atoms with Gasteiger partial charge in [0.15, 0.2) is 5.78 Å². The fourth-order valence-corrected chi connectivity index (χ4v) is 3.19. The topological polar surface area (TPSA) is 37.3 Å². The van der Waals surface area contributed by atoms with Crippen molar-refractivity contribution in [3.8, 4) is 16.9 Å². The van der Waals surface area contributed by atoms with Gasteiger partial charge in [-0.05, 0) is 34.7 Å². The highest BCUT2D eigenvalue weighted by Gasteiger charge is 2.27. The van der Waals surface area contributed by atoms with Gasteiger partial charge in [-0.1, -0.05) is 41.9 Å². The molecule has 1 aliphatic rings. The van der Waals surface area contributed by atoms with Gasteiger partial charge >= 0.3 is 0 Å². The maximum atomic E-state index is 12.7. The zero-order valence-corrected chi connectivity index (χ0v) is 11.1. The minimum absolute atomic E-state index is 0.0608. The standard InChI is InChI=1S/C17H9ClO2/c18-14-6-2-4-11-13-8-10(19)7-9-3-1-5-12(15(9)13)17(20)16(11)14/h1-8,19H. The Kier molecular flexibility index (Phi) is 2.21. The summed E-state index contributed by atoms with van der Waals surface area (Å²) in [5.74, 6) is 0.124. The number of hydrogen-bond acceptors (Lipinski definition) is 2. The molecular formula is C17H9ClO2. The molecule has 1 aliphatic carbocycles. The lowest BCUT2D eigenvalue weighted by Gasteiger charge is -2.20. The summed E-state index contributed by atoms with van der Waals surface area (Å²) < 4.78 is 0. The number of phenols is 1. The van der Waals surface area contributed by atoms with Crippen molar-refractivity contribution in [2.45, 2.75) is 0 Å². The summed E-state index contributed by atoms with van der Waals surface area (Å²) in [6, 6.07) is 14.3. The second-order valence-corrected chi connectivity index (χ2v) is 5.30. The van der Waals surface area contributed by atoms with Crippen molar-refractivity contribution < 1.29 is 9.90 Å². The first-order chi connectivity index (χ1) is 9.66. The van der Waals surface area contributed by atoms with Crippen molar-refractivity contribution in [3.05, 3.63) is 64.7 Å². The molecular weight excluding hydrogens is 272 g/mol. The molecule has 0 unspecified atom stereocenters. The summed E-state index contributed by atoms with van der Waals surface area (Å²) >= 11 is 6.19. The van der Waals surface area contributed by atoms with Gasteiger partial charge < -0.3 is 5.11 Å². The van der Waals surface area contributed by atoms with Gasteiger partial charge in [0.1, 0.15) is 5.75 Å². The Morgan fingerprint density at radius 2 is 1.65 bits per heavy atom. The molecule has 0 heterocycles. The number of halogens is 1. The number of carbonyl (C=O) groups excluding carboxylic acids is 1. The molecule has 1 N–H and O–H groups in total. The van der Waals surface area contributed by atoms with Crippen LogP contribution in [-0.4, -0.2) is 10.9 Å². The summed E-state index contributed by atoms with van der Waals surface area (Å²) in [6.45, 7) is 0. The molecule has 4 rings (SSSR count). The first-order valence-electron chi connectivity index (χ1n) is 6.26. The molecule has 0 radical (unpaired) electrons. The number of fused-ring (bicyclic) bond motifs is 2. The van der Waals surface area contributed by atoms with E-state index in [0.29, 0.717) is 16.1 Å².